The summed E-state index contributed by atoms with van der Waals surface area (Å²) in [5.74, 6) is 1.53. The Morgan fingerprint density at radius 2 is 2.18 bits per heavy atom. The Labute approximate surface area is 106 Å². The smallest absolute Gasteiger partial charge is 0.198 e. The van der Waals surface area contributed by atoms with Crippen LogP contribution in [0.5, 0.6) is 0 Å². The molecule has 0 aliphatic heterocycles. The second kappa shape index (κ2) is 5.34. The van der Waals surface area contributed by atoms with Gasteiger partial charge in [-0.05, 0) is 25.6 Å². The van der Waals surface area contributed by atoms with Crippen LogP contribution in [0.2, 0.25) is 5.02 Å². The van der Waals surface area contributed by atoms with Gasteiger partial charge in [-0.2, -0.15) is 0 Å². The number of nitrogens with zero attached hydrogens (tertiary/aromatic N) is 1. The third kappa shape index (κ3) is 2.87. The maximum atomic E-state index is 6.09. The van der Waals surface area contributed by atoms with Gasteiger partial charge in [0.25, 0.3) is 0 Å². The zero-order valence-corrected chi connectivity index (χ0v) is 10.7. The van der Waals surface area contributed by atoms with Crippen molar-refractivity contribution in [3.63, 3.8) is 0 Å². The molecule has 0 fully saturated rings. The van der Waals surface area contributed by atoms with E-state index in [4.69, 9.17) is 16.0 Å². The molecule has 0 saturated carbocycles. The number of rotatable bonds is 4. The van der Waals surface area contributed by atoms with Gasteiger partial charge < -0.3 is 9.73 Å². The lowest BCUT2D eigenvalue weighted by Gasteiger charge is -2.04. The van der Waals surface area contributed by atoms with Crippen molar-refractivity contribution in [2.45, 2.75) is 19.4 Å². The van der Waals surface area contributed by atoms with Crippen LogP contribution in [-0.2, 0) is 6.42 Å². The van der Waals surface area contributed by atoms with Crippen LogP contribution in [0, 0.1) is 0 Å². The first-order chi connectivity index (χ1) is 8.20. The molecule has 1 N–H and O–H groups in total. The highest BCUT2D eigenvalue weighted by Crippen LogP contribution is 2.20. The zero-order valence-electron chi connectivity index (χ0n) is 9.90. The number of halogens is 1. The van der Waals surface area contributed by atoms with Crippen LogP contribution in [0.4, 0.5) is 0 Å². The largest absolute Gasteiger partial charge is 0.444 e. The molecular formula is C13H15ClN2O. The molecule has 1 aromatic carbocycles. The summed E-state index contributed by atoms with van der Waals surface area (Å²) in [5, 5.41) is 3.85. The molecule has 17 heavy (non-hydrogen) atoms. The third-order valence-corrected chi connectivity index (χ3v) is 3.10. The van der Waals surface area contributed by atoms with Crippen molar-refractivity contribution in [1.82, 2.24) is 10.3 Å². The van der Waals surface area contributed by atoms with Gasteiger partial charge in [-0.1, -0.05) is 29.8 Å². The summed E-state index contributed by atoms with van der Waals surface area (Å²) < 4.78 is 5.66. The Morgan fingerprint density at radius 3 is 2.88 bits per heavy atom. The Bertz CT molecular complexity index is 496. The van der Waals surface area contributed by atoms with Gasteiger partial charge in [0.1, 0.15) is 5.76 Å². The normalized spacial score (nSPS) is 12.6. The molecule has 0 aliphatic rings. The zero-order chi connectivity index (χ0) is 12.3. The van der Waals surface area contributed by atoms with E-state index in [1.165, 1.54) is 0 Å². The number of hydrogen-bond donors (Lipinski definition) is 1. The molecule has 1 heterocycles. The molecule has 0 spiro atoms. The summed E-state index contributed by atoms with van der Waals surface area (Å²) in [4.78, 5) is 4.26. The highest BCUT2D eigenvalue weighted by Gasteiger charge is 2.11. The first-order valence-corrected chi connectivity index (χ1v) is 5.93. The summed E-state index contributed by atoms with van der Waals surface area (Å²) in [5.41, 5.74) is 1.03. The number of oxazole rings is 1. The van der Waals surface area contributed by atoms with E-state index in [-0.39, 0.29) is 6.04 Å². The lowest BCUT2D eigenvalue weighted by molar-refractivity contribution is 0.420. The van der Waals surface area contributed by atoms with Gasteiger partial charge in [0, 0.05) is 5.02 Å². The van der Waals surface area contributed by atoms with E-state index in [1.54, 1.807) is 6.20 Å². The minimum absolute atomic E-state index is 0.169. The average molecular weight is 251 g/mol. The molecule has 4 heteroatoms. The van der Waals surface area contributed by atoms with Gasteiger partial charge in [0.05, 0.1) is 18.7 Å². The lowest BCUT2D eigenvalue weighted by Crippen LogP contribution is -2.11. The quantitative estimate of drug-likeness (QED) is 0.906. The van der Waals surface area contributed by atoms with Gasteiger partial charge in [-0.15, -0.1) is 0 Å². The van der Waals surface area contributed by atoms with Crippen LogP contribution in [0.15, 0.2) is 34.9 Å². The molecule has 0 aliphatic carbocycles. The number of nitrogens with one attached hydrogen (secondary N) is 1. The van der Waals surface area contributed by atoms with Crippen molar-refractivity contribution in [2.24, 2.45) is 0 Å². The Hall–Kier alpha value is -1.32. The van der Waals surface area contributed by atoms with Crippen LogP contribution < -0.4 is 5.32 Å². The molecule has 1 atom stereocenters. The summed E-state index contributed by atoms with van der Waals surface area (Å²) in [7, 11) is 1.89. The van der Waals surface area contributed by atoms with Crippen LogP contribution in [0.1, 0.15) is 30.2 Å². The maximum absolute atomic E-state index is 6.09. The predicted octanol–water partition coefficient (Wildman–Crippen LogP) is 3.20. The van der Waals surface area contributed by atoms with Crippen molar-refractivity contribution in [3.8, 4) is 0 Å². The molecule has 0 bridgehead atoms. The van der Waals surface area contributed by atoms with Gasteiger partial charge in [0.2, 0.25) is 0 Å². The van der Waals surface area contributed by atoms with E-state index in [0.29, 0.717) is 12.3 Å². The molecule has 0 amide bonds. The molecule has 1 unspecified atom stereocenters. The maximum Gasteiger partial charge on any atom is 0.198 e. The van der Waals surface area contributed by atoms with E-state index in [2.05, 4.69) is 10.3 Å². The van der Waals surface area contributed by atoms with E-state index in [9.17, 15) is 0 Å². The average Bonchev–Trinajstić information content (AvgIpc) is 2.80. The Kier molecular flexibility index (Phi) is 3.82. The number of benzene rings is 1. The summed E-state index contributed by atoms with van der Waals surface area (Å²) in [6, 6.07) is 7.89. The highest BCUT2D eigenvalue weighted by atomic mass is 35.5. The summed E-state index contributed by atoms with van der Waals surface area (Å²) in [6.07, 6.45) is 2.38. The van der Waals surface area contributed by atoms with Crippen molar-refractivity contribution < 1.29 is 4.42 Å². The first kappa shape index (κ1) is 12.1. The van der Waals surface area contributed by atoms with Gasteiger partial charge in [0.15, 0.2) is 5.89 Å². The van der Waals surface area contributed by atoms with Crippen LogP contribution in [0.3, 0.4) is 0 Å². The number of aromatic nitrogens is 1. The molecular weight excluding hydrogens is 236 g/mol. The second-order valence-corrected chi connectivity index (χ2v) is 4.34. The Balaban J connectivity index is 2.14. The van der Waals surface area contributed by atoms with Crippen LogP contribution >= 0.6 is 11.6 Å². The molecule has 0 radical (unpaired) electrons. The molecule has 1 aromatic heterocycles. The number of hydrogen-bond acceptors (Lipinski definition) is 3. The Morgan fingerprint density at radius 1 is 1.41 bits per heavy atom. The van der Waals surface area contributed by atoms with E-state index >= 15 is 0 Å². The lowest BCUT2D eigenvalue weighted by atomic mass is 10.1. The van der Waals surface area contributed by atoms with Crippen LogP contribution in [0.25, 0.3) is 0 Å². The van der Waals surface area contributed by atoms with Crippen molar-refractivity contribution >= 4 is 11.6 Å². The van der Waals surface area contributed by atoms with E-state index < -0.39 is 0 Å². The second-order valence-electron chi connectivity index (χ2n) is 3.93. The molecule has 0 saturated heterocycles. The van der Waals surface area contributed by atoms with Gasteiger partial charge in [-0.25, -0.2) is 4.98 Å². The first-order valence-electron chi connectivity index (χ1n) is 5.56. The summed E-state index contributed by atoms with van der Waals surface area (Å²) >= 11 is 6.09. The fourth-order valence-corrected chi connectivity index (χ4v) is 1.76. The molecule has 2 rings (SSSR count). The van der Waals surface area contributed by atoms with Crippen molar-refractivity contribution in [1.29, 1.82) is 0 Å². The van der Waals surface area contributed by atoms with E-state index in [0.717, 1.165) is 16.3 Å². The third-order valence-electron chi connectivity index (χ3n) is 2.73. The molecule has 90 valence electrons. The molecule has 2 aromatic rings. The van der Waals surface area contributed by atoms with E-state index in [1.807, 2.05) is 38.2 Å². The van der Waals surface area contributed by atoms with Gasteiger partial charge >= 0.3 is 0 Å². The fraction of sp³-hybridized carbons (Fsp3) is 0.308. The summed E-state index contributed by atoms with van der Waals surface area (Å²) in [6.45, 7) is 2.03. The topological polar surface area (TPSA) is 38.1 Å². The van der Waals surface area contributed by atoms with Crippen molar-refractivity contribution in [3.05, 3.63) is 52.7 Å². The fourth-order valence-electron chi connectivity index (χ4n) is 1.55. The predicted molar refractivity (Wildman–Crippen MR) is 68.2 cm³/mol. The highest BCUT2D eigenvalue weighted by molar-refractivity contribution is 6.31. The minimum Gasteiger partial charge on any atom is -0.444 e. The SMILES string of the molecule is CNC(C)c1cnc(Cc2ccccc2Cl)o1. The van der Waals surface area contributed by atoms with Crippen LogP contribution in [-0.4, -0.2) is 12.0 Å². The van der Waals surface area contributed by atoms with Crippen molar-refractivity contribution in [2.75, 3.05) is 7.05 Å². The molecule has 3 nitrogen and oxygen atoms in total. The van der Waals surface area contributed by atoms with Gasteiger partial charge in [-0.3, -0.25) is 0 Å². The minimum atomic E-state index is 0.169. The standard InChI is InChI=1S/C13H15ClN2O/c1-9(15-2)12-8-16-13(17-12)7-10-5-3-4-6-11(10)14/h3-6,8-9,15H,7H2,1-2H3. The monoisotopic (exact) mass is 250 g/mol.